The van der Waals surface area contributed by atoms with E-state index in [0.29, 0.717) is 45.1 Å². The molecule has 2 bridgehead atoms. The van der Waals surface area contributed by atoms with Crippen LogP contribution in [0.1, 0.15) is 63.4 Å². The SMILES string of the molecule is O=C(O)CN1CCN(CC(=O)O)CCN(CC(=O)NCC23CCC(Nc4c(N[C@@H](Cc5c6ccccc6cc6ccccc56)C(=O)NCCCC[C@H](NC(=O)N[C@@H](CNC(=O)C(=O)O)C(=O)O)C(=O)O)c(=O)c4=O)(CC2)CC3)CCN(CC(=O)O)CC1. The molecule has 5 amide bonds. The van der Waals surface area contributed by atoms with E-state index in [1.807, 2.05) is 70.1 Å². The number of amides is 5. The number of aliphatic carboxylic acids is 6. The Morgan fingerprint density at radius 1 is 0.529 bits per heavy atom. The number of carbonyl (C=O) groups excluding carboxylic acids is 4. The summed E-state index contributed by atoms with van der Waals surface area (Å²) in [6.07, 6.45) is 4.04. The lowest BCUT2D eigenvalue weighted by atomic mass is 9.57. The maximum atomic E-state index is 14.4. The first-order valence-corrected chi connectivity index (χ1v) is 28.8. The minimum Gasteiger partial charge on any atom is -0.480 e. The number of carbonyl (C=O) groups is 10. The maximum absolute atomic E-state index is 14.4. The average Bonchev–Trinajstić information content (AvgIpc) is 0.968. The molecule has 1 heterocycles. The highest BCUT2D eigenvalue weighted by molar-refractivity contribution is 6.31. The molecule has 4 fully saturated rings. The van der Waals surface area contributed by atoms with E-state index in [1.165, 1.54) is 0 Å². The third-order valence-electron chi connectivity index (χ3n) is 16.7. The minimum absolute atomic E-state index is 0.00927. The number of hydrogen-bond donors (Lipinski definition) is 13. The van der Waals surface area contributed by atoms with Gasteiger partial charge in [0.1, 0.15) is 29.5 Å². The van der Waals surface area contributed by atoms with Crippen LogP contribution >= 0.6 is 0 Å². The van der Waals surface area contributed by atoms with Crippen LogP contribution in [-0.4, -0.2) is 232 Å². The second-order valence-electron chi connectivity index (χ2n) is 22.8. The molecule has 470 valence electrons. The summed E-state index contributed by atoms with van der Waals surface area (Å²) in [6.45, 7) is 0.696. The van der Waals surface area contributed by atoms with Gasteiger partial charge in [-0.3, -0.25) is 58.0 Å². The van der Waals surface area contributed by atoms with Crippen LogP contribution in [0.15, 0.2) is 64.2 Å². The van der Waals surface area contributed by atoms with Crippen LogP contribution in [0.3, 0.4) is 0 Å². The molecular weight excluding hydrogens is 1140 g/mol. The fourth-order valence-electron chi connectivity index (χ4n) is 11.8. The zero-order valence-corrected chi connectivity index (χ0v) is 48.0. The highest BCUT2D eigenvalue weighted by Gasteiger charge is 2.50. The molecule has 1 aliphatic heterocycles. The summed E-state index contributed by atoms with van der Waals surface area (Å²) in [5.74, 6) is -10.5. The summed E-state index contributed by atoms with van der Waals surface area (Å²) in [4.78, 5) is 156. The van der Waals surface area contributed by atoms with Gasteiger partial charge < -0.3 is 67.9 Å². The highest BCUT2D eigenvalue weighted by Crippen LogP contribution is 2.53. The number of carboxylic acids is 6. The van der Waals surface area contributed by atoms with Crippen LogP contribution in [-0.2, 0) is 49.6 Å². The van der Waals surface area contributed by atoms with E-state index < -0.39 is 94.7 Å². The number of benzene rings is 3. The molecule has 1 saturated heterocycles. The summed E-state index contributed by atoms with van der Waals surface area (Å²) in [7, 11) is 0. The molecule has 29 heteroatoms. The molecule has 3 saturated carbocycles. The Balaban J connectivity index is 0.984. The van der Waals surface area contributed by atoms with Crippen LogP contribution in [0.2, 0.25) is 0 Å². The Morgan fingerprint density at radius 3 is 1.48 bits per heavy atom. The van der Waals surface area contributed by atoms with Crippen molar-refractivity contribution in [2.24, 2.45) is 5.41 Å². The first kappa shape index (κ1) is 65.7. The van der Waals surface area contributed by atoms with E-state index in [0.717, 1.165) is 27.1 Å². The Bertz CT molecular complexity index is 3180. The Labute approximate surface area is 498 Å². The molecule has 3 atom stereocenters. The Kier molecular flexibility index (Phi) is 22.7. The molecular formula is C58H75N11O18. The van der Waals surface area contributed by atoms with E-state index in [2.05, 4.69) is 26.6 Å². The first-order chi connectivity index (χ1) is 41.4. The van der Waals surface area contributed by atoms with E-state index in [1.54, 1.807) is 14.7 Å². The average molecular weight is 1210 g/mol. The van der Waals surface area contributed by atoms with Gasteiger partial charge in [-0.05, 0) is 96.4 Å². The zero-order chi connectivity index (χ0) is 63.0. The molecule has 87 heavy (non-hydrogen) atoms. The number of carboxylic acid groups (broad SMARTS) is 6. The summed E-state index contributed by atoms with van der Waals surface area (Å²) in [6, 6.07) is 11.7. The van der Waals surface area contributed by atoms with Crippen LogP contribution in [0, 0.1) is 5.41 Å². The van der Waals surface area contributed by atoms with E-state index in [-0.39, 0.29) is 133 Å². The summed E-state index contributed by atoms with van der Waals surface area (Å²) < 4.78 is 0. The van der Waals surface area contributed by atoms with Crippen molar-refractivity contribution in [2.45, 2.75) is 87.9 Å². The fraction of sp³-hybridized carbons (Fsp3) is 0.517. The first-order valence-electron chi connectivity index (χ1n) is 28.8. The molecule has 29 nitrogen and oxygen atoms in total. The lowest BCUT2D eigenvalue weighted by Gasteiger charge is -2.54. The minimum atomic E-state index is -1.89. The number of nitrogens with one attached hydrogen (secondary N) is 7. The van der Waals surface area contributed by atoms with Gasteiger partial charge >= 0.3 is 47.8 Å². The molecule has 4 aromatic carbocycles. The molecule has 8 rings (SSSR count). The van der Waals surface area contributed by atoms with Crippen molar-refractivity contribution >= 4 is 92.5 Å². The quantitative estimate of drug-likeness (QED) is 0.0192. The lowest BCUT2D eigenvalue weighted by Crippen LogP contribution is -2.56. The lowest BCUT2D eigenvalue weighted by molar-refractivity contribution is -0.150. The van der Waals surface area contributed by atoms with Crippen molar-refractivity contribution in [2.75, 3.05) is 109 Å². The molecule has 4 aromatic rings. The summed E-state index contributed by atoms with van der Waals surface area (Å²) in [5, 5.41) is 78.9. The van der Waals surface area contributed by atoms with Gasteiger partial charge in [-0.2, -0.15) is 0 Å². The number of nitrogens with zero attached hydrogens (tertiary/aromatic N) is 4. The van der Waals surface area contributed by atoms with Gasteiger partial charge in [-0.25, -0.2) is 19.2 Å². The molecule has 0 aromatic heterocycles. The fourth-order valence-corrected chi connectivity index (χ4v) is 11.8. The molecule has 4 aliphatic rings. The summed E-state index contributed by atoms with van der Waals surface area (Å²) >= 11 is 0. The molecule has 13 N–H and O–H groups in total. The molecule has 0 spiro atoms. The van der Waals surface area contributed by atoms with Crippen LogP contribution in [0.5, 0.6) is 0 Å². The molecule has 0 radical (unpaired) electrons. The summed E-state index contributed by atoms with van der Waals surface area (Å²) in [5.41, 5.74) is -1.58. The van der Waals surface area contributed by atoms with Crippen LogP contribution < -0.4 is 48.1 Å². The number of rotatable bonds is 28. The van der Waals surface area contributed by atoms with E-state index >= 15 is 0 Å². The van der Waals surface area contributed by atoms with Gasteiger partial charge in [0.15, 0.2) is 0 Å². The Hall–Kier alpha value is -8.80. The van der Waals surface area contributed by atoms with Gasteiger partial charge in [0.05, 0.1) is 26.2 Å². The van der Waals surface area contributed by atoms with Crippen molar-refractivity contribution in [3.05, 3.63) is 80.6 Å². The zero-order valence-electron chi connectivity index (χ0n) is 48.0. The number of unbranched alkanes of at least 4 members (excludes halogenated alkanes) is 1. The van der Waals surface area contributed by atoms with Gasteiger partial charge in [0, 0.05) is 84.0 Å². The van der Waals surface area contributed by atoms with E-state index in [4.69, 9.17) is 5.11 Å². The van der Waals surface area contributed by atoms with Crippen molar-refractivity contribution < 1.29 is 78.6 Å². The number of fused-ring (bicyclic) bond motifs is 5. The van der Waals surface area contributed by atoms with Crippen molar-refractivity contribution in [1.29, 1.82) is 0 Å². The normalized spacial score (nSPS) is 20.0. The van der Waals surface area contributed by atoms with Crippen molar-refractivity contribution in [3.63, 3.8) is 0 Å². The molecule has 3 aliphatic carbocycles. The smallest absolute Gasteiger partial charge is 0.394 e. The largest absolute Gasteiger partial charge is 0.480 e. The molecule has 0 unspecified atom stereocenters. The predicted octanol–water partition coefficient (Wildman–Crippen LogP) is -0.598. The standard InChI is InChI=1S/C58H75N11O18/c70-43(30-66-19-21-67(31-44(71)72)23-25-69(33-46(75)76)26-24-68(22-20-66)32-45(73)74)61-34-57-12-15-58(16-13-57,17-14-57)65-48-47(49(77)50(48)78)62-41(28-39-37-9-3-1-7-35(37)27-36-8-2-4-10-38(36)39)51(79)59-18-6-5-11-40(53(81)82)63-56(87)64-42(54(83)84)29-60-52(80)55(85)86/h1-4,7-10,27,40-42,62,65H,5-6,11-26,28-34H2,(H,59,79)(H,60,80)(H,61,70)(H,71,72)(H,73,74)(H,75,76)(H,81,82)(H,83,84)(H,85,86)(H2,63,64,87)/t40-,41-,42-,57?,58?/m0/s1. The van der Waals surface area contributed by atoms with Crippen LogP contribution in [0.25, 0.3) is 21.5 Å². The second-order valence-corrected chi connectivity index (χ2v) is 22.8. The topological polar surface area (TPSA) is 423 Å². The number of anilines is 2. The Morgan fingerprint density at radius 2 is 1.00 bits per heavy atom. The second kappa shape index (κ2) is 30.0. The van der Waals surface area contributed by atoms with Gasteiger partial charge in [0.25, 0.3) is 10.9 Å². The van der Waals surface area contributed by atoms with Crippen molar-refractivity contribution in [1.82, 2.24) is 46.2 Å². The number of hydrogen-bond acceptors (Lipinski definition) is 18. The number of urea groups is 1. The van der Waals surface area contributed by atoms with E-state index in [9.17, 15) is 83.1 Å². The monoisotopic (exact) mass is 1210 g/mol. The van der Waals surface area contributed by atoms with Crippen molar-refractivity contribution in [3.8, 4) is 0 Å². The highest BCUT2D eigenvalue weighted by atomic mass is 16.4. The van der Waals surface area contributed by atoms with Crippen LogP contribution in [0.4, 0.5) is 16.2 Å². The third kappa shape index (κ3) is 18.4. The van der Waals surface area contributed by atoms with Gasteiger partial charge in [-0.15, -0.1) is 0 Å². The third-order valence-corrected chi connectivity index (χ3v) is 16.7. The maximum Gasteiger partial charge on any atom is 0.394 e. The predicted molar refractivity (Wildman–Crippen MR) is 314 cm³/mol. The van der Waals surface area contributed by atoms with Gasteiger partial charge in [-0.1, -0.05) is 48.5 Å². The van der Waals surface area contributed by atoms with Gasteiger partial charge in [0.2, 0.25) is 11.8 Å².